The first-order valence-corrected chi connectivity index (χ1v) is 5.68. The molecule has 1 aliphatic heterocycles. The Hall–Kier alpha value is -1.40. The van der Waals surface area contributed by atoms with Gasteiger partial charge >= 0.3 is 5.97 Å². The van der Waals surface area contributed by atoms with E-state index in [1.165, 1.54) is 6.20 Å². The molecule has 1 saturated heterocycles. The zero-order chi connectivity index (χ0) is 12.4. The minimum Gasteiger partial charge on any atom is -0.478 e. The molecule has 0 radical (unpaired) electrons. The van der Waals surface area contributed by atoms with Crippen LogP contribution in [-0.2, 0) is 18.3 Å². The van der Waals surface area contributed by atoms with Crippen molar-refractivity contribution in [1.29, 1.82) is 0 Å². The molecule has 0 aliphatic carbocycles. The SMILES string of the molecule is CC1OCCC1NCc1c(C(=O)O)cnn1C. The van der Waals surface area contributed by atoms with Crippen molar-refractivity contribution in [3.05, 3.63) is 17.5 Å². The molecule has 2 heterocycles. The Morgan fingerprint density at radius 1 is 1.76 bits per heavy atom. The number of rotatable bonds is 4. The molecule has 0 amide bonds. The molecule has 6 nitrogen and oxygen atoms in total. The van der Waals surface area contributed by atoms with Crippen molar-refractivity contribution in [2.45, 2.75) is 32.0 Å². The van der Waals surface area contributed by atoms with Gasteiger partial charge in [-0.15, -0.1) is 0 Å². The van der Waals surface area contributed by atoms with Crippen LogP contribution < -0.4 is 5.32 Å². The third-order valence-corrected chi connectivity index (χ3v) is 3.20. The molecular weight excluding hydrogens is 222 g/mol. The van der Waals surface area contributed by atoms with E-state index in [1.807, 2.05) is 6.92 Å². The molecule has 1 aromatic rings. The van der Waals surface area contributed by atoms with Gasteiger partial charge in [-0.2, -0.15) is 5.10 Å². The standard InChI is InChI=1S/C11H17N3O3/c1-7-9(3-4-17-7)12-6-10-8(11(15)16)5-13-14(10)2/h5,7,9,12H,3-4,6H2,1-2H3,(H,15,16). The zero-order valence-corrected chi connectivity index (χ0v) is 10.0. The third-order valence-electron chi connectivity index (χ3n) is 3.20. The summed E-state index contributed by atoms with van der Waals surface area (Å²) in [6.45, 7) is 3.28. The lowest BCUT2D eigenvalue weighted by atomic mass is 10.1. The summed E-state index contributed by atoms with van der Waals surface area (Å²) in [6.07, 6.45) is 2.52. The largest absolute Gasteiger partial charge is 0.478 e. The third kappa shape index (κ3) is 2.48. The van der Waals surface area contributed by atoms with Gasteiger partial charge in [-0.25, -0.2) is 4.79 Å². The predicted octanol–water partition coefficient (Wildman–Crippen LogP) is 0.385. The molecule has 1 aliphatic rings. The highest BCUT2D eigenvalue weighted by molar-refractivity contribution is 5.88. The van der Waals surface area contributed by atoms with Crippen LogP contribution in [0.2, 0.25) is 0 Å². The molecule has 2 rings (SSSR count). The van der Waals surface area contributed by atoms with Crippen molar-refractivity contribution < 1.29 is 14.6 Å². The van der Waals surface area contributed by atoms with Crippen LogP contribution in [0, 0.1) is 0 Å². The Morgan fingerprint density at radius 2 is 2.53 bits per heavy atom. The highest BCUT2D eigenvalue weighted by Crippen LogP contribution is 2.14. The first kappa shape index (κ1) is 12.1. The molecule has 94 valence electrons. The number of carboxylic acids is 1. The fourth-order valence-electron chi connectivity index (χ4n) is 2.08. The van der Waals surface area contributed by atoms with Crippen LogP contribution in [0.1, 0.15) is 29.4 Å². The van der Waals surface area contributed by atoms with Crippen molar-refractivity contribution in [1.82, 2.24) is 15.1 Å². The van der Waals surface area contributed by atoms with E-state index in [4.69, 9.17) is 9.84 Å². The van der Waals surface area contributed by atoms with Gasteiger partial charge in [0, 0.05) is 26.2 Å². The summed E-state index contributed by atoms with van der Waals surface area (Å²) in [7, 11) is 1.75. The average molecular weight is 239 g/mol. The van der Waals surface area contributed by atoms with E-state index >= 15 is 0 Å². The van der Waals surface area contributed by atoms with Crippen LogP contribution in [0.5, 0.6) is 0 Å². The van der Waals surface area contributed by atoms with E-state index in [2.05, 4.69) is 10.4 Å². The molecule has 2 N–H and O–H groups in total. The maximum absolute atomic E-state index is 11.0. The highest BCUT2D eigenvalue weighted by atomic mass is 16.5. The van der Waals surface area contributed by atoms with Crippen LogP contribution in [0.4, 0.5) is 0 Å². The fourth-order valence-corrected chi connectivity index (χ4v) is 2.08. The van der Waals surface area contributed by atoms with Gasteiger partial charge in [0.15, 0.2) is 0 Å². The lowest BCUT2D eigenvalue weighted by Gasteiger charge is -2.16. The van der Waals surface area contributed by atoms with E-state index < -0.39 is 5.97 Å². The molecule has 0 bridgehead atoms. The summed E-state index contributed by atoms with van der Waals surface area (Å²) in [5.74, 6) is -0.939. The minimum atomic E-state index is -0.939. The summed E-state index contributed by atoms with van der Waals surface area (Å²) in [5, 5.41) is 16.3. The summed E-state index contributed by atoms with van der Waals surface area (Å²) >= 11 is 0. The summed E-state index contributed by atoms with van der Waals surface area (Å²) in [4.78, 5) is 11.0. The number of hydrogen-bond acceptors (Lipinski definition) is 4. The van der Waals surface area contributed by atoms with E-state index in [1.54, 1.807) is 11.7 Å². The van der Waals surface area contributed by atoms with Crippen LogP contribution >= 0.6 is 0 Å². The van der Waals surface area contributed by atoms with E-state index in [0.717, 1.165) is 13.0 Å². The van der Waals surface area contributed by atoms with E-state index in [9.17, 15) is 4.79 Å². The Morgan fingerprint density at radius 3 is 3.12 bits per heavy atom. The summed E-state index contributed by atoms with van der Waals surface area (Å²) < 4.78 is 7.04. The molecule has 1 fully saturated rings. The number of ether oxygens (including phenoxy) is 1. The van der Waals surface area contributed by atoms with Crippen LogP contribution in [0.25, 0.3) is 0 Å². The molecule has 6 heteroatoms. The lowest BCUT2D eigenvalue weighted by molar-refractivity contribution is 0.0695. The maximum atomic E-state index is 11.0. The first-order valence-electron chi connectivity index (χ1n) is 5.68. The minimum absolute atomic E-state index is 0.177. The molecule has 0 spiro atoms. The monoisotopic (exact) mass is 239 g/mol. The molecule has 1 aromatic heterocycles. The van der Waals surface area contributed by atoms with Crippen LogP contribution in [-0.4, -0.2) is 39.6 Å². The van der Waals surface area contributed by atoms with E-state index in [0.29, 0.717) is 12.2 Å². The Labute approximate surface area is 99.6 Å². The molecule has 2 atom stereocenters. The number of nitrogens with one attached hydrogen (secondary N) is 1. The summed E-state index contributed by atoms with van der Waals surface area (Å²) in [5.41, 5.74) is 0.947. The zero-order valence-electron chi connectivity index (χ0n) is 10.0. The van der Waals surface area contributed by atoms with Gasteiger partial charge in [0.25, 0.3) is 0 Å². The molecule has 17 heavy (non-hydrogen) atoms. The number of aryl methyl sites for hydroxylation is 1. The number of carboxylic acid groups (broad SMARTS) is 1. The first-order chi connectivity index (χ1) is 8.09. The van der Waals surface area contributed by atoms with Crippen LogP contribution in [0.15, 0.2) is 6.20 Å². The van der Waals surface area contributed by atoms with Gasteiger partial charge in [0.05, 0.1) is 18.0 Å². The second kappa shape index (κ2) is 4.85. The van der Waals surface area contributed by atoms with Gasteiger partial charge in [-0.3, -0.25) is 4.68 Å². The number of carbonyl (C=O) groups is 1. The molecule has 0 aromatic carbocycles. The number of nitrogens with zero attached hydrogens (tertiary/aromatic N) is 2. The van der Waals surface area contributed by atoms with Crippen molar-refractivity contribution in [3.8, 4) is 0 Å². The maximum Gasteiger partial charge on any atom is 0.339 e. The van der Waals surface area contributed by atoms with Crippen molar-refractivity contribution >= 4 is 5.97 Å². The Balaban J connectivity index is 2.03. The summed E-state index contributed by atoms with van der Waals surface area (Å²) in [6, 6.07) is 0.284. The van der Waals surface area contributed by atoms with Gasteiger partial charge < -0.3 is 15.2 Å². The van der Waals surface area contributed by atoms with Gasteiger partial charge in [0.1, 0.15) is 5.56 Å². The van der Waals surface area contributed by atoms with Gasteiger partial charge in [-0.1, -0.05) is 0 Å². The Bertz CT molecular complexity index is 416. The average Bonchev–Trinajstić information content (AvgIpc) is 2.82. The van der Waals surface area contributed by atoms with E-state index in [-0.39, 0.29) is 17.7 Å². The molecule has 0 saturated carbocycles. The second-order valence-electron chi connectivity index (χ2n) is 4.29. The molecular formula is C11H17N3O3. The van der Waals surface area contributed by atoms with Crippen molar-refractivity contribution in [3.63, 3.8) is 0 Å². The predicted molar refractivity (Wildman–Crippen MR) is 60.8 cm³/mol. The Kier molecular flexibility index (Phi) is 3.44. The smallest absolute Gasteiger partial charge is 0.339 e. The van der Waals surface area contributed by atoms with Gasteiger partial charge in [-0.05, 0) is 13.3 Å². The quantitative estimate of drug-likeness (QED) is 0.794. The van der Waals surface area contributed by atoms with Crippen LogP contribution in [0.3, 0.4) is 0 Å². The number of aromatic nitrogens is 2. The van der Waals surface area contributed by atoms with Crippen molar-refractivity contribution in [2.75, 3.05) is 6.61 Å². The topological polar surface area (TPSA) is 76.4 Å². The van der Waals surface area contributed by atoms with Gasteiger partial charge in [0.2, 0.25) is 0 Å². The normalized spacial score (nSPS) is 24.1. The lowest BCUT2D eigenvalue weighted by Crippen LogP contribution is -2.35. The number of hydrogen-bond donors (Lipinski definition) is 2. The molecule has 2 unspecified atom stereocenters. The number of aromatic carboxylic acids is 1. The highest BCUT2D eigenvalue weighted by Gasteiger charge is 2.24. The second-order valence-corrected chi connectivity index (χ2v) is 4.29. The van der Waals surface area contributed by atoms with Crippen molar-refractivity contribution in [2.24, 2.45) is 7.05 Å². The fraction of sp³-hybridized carbons (Fsp3) is 0.636.